The van der Waals surface area contributed by atoms with E-state index in [0.717, 1.165) is 35.1 Å². The molecule has 3 rings (SSSR count). The van der Waals surface area contributed by atoms with Gasteiger partial charge in [0.05, 0.1) is 20.0 Å². The maximum atomic E-state index is 13.1. The number of benzene rings is 3. The predicted octanol–water partition coefficient (Wildman–Crippen LogP) is 4.85. The molecule has 0 heterocycles. The summed E-state index contributed by atoms with van der Waals surface area (Å²) in [5.41, 5.74) is 3.15. The smallest absolute Gasteiger partial charge is 0.319 e. The molecule has 0 fully saturated rings. The Hall–Kier alpha value is -3.04. The molecule has 9 heteroatoms. The largest absolute Gasteiger partial charge is 0.493 e. The molecule has 0 saturated heterocycles. The van der Waals surface area contributed by atoms with Crippen LogP contribution in [0.25, 0.3) is 0 Å². The van der Waals surface area contributed by atoms with Crippen LogP contribution in [0.3, 0.4) is 0 Å². The van der Waals surface area contributed by atoms with Crippen molar-refractivity contribution in [1.29, 1.82) is 0 Å². The Morgan fingerprint density at radius 2 is 1.42 bits per heavy atom. The van der Waals surface area contributed by atoms with E-state index >= 15 is 0 Å². The van der Waals surface area contributed by atoms with Crippen molar-refractivity contribution in [3.63, 3.8) is 0 Å². The fourth-order valence-electron chi connectivity index (χ4n) is 3.42. The van der Waals surface area contributed by atoms with Gasteiger partial charge in [0.2, 0.25) is 0 Å². The van der Waals surface area contributed by atoms with Crippen LogP contribution >= 0.6 is 11.8 Å². The second kappa shape index (κ2) is 13.3. The van der Waals surface area contributed by atoms with E-state index in [4.69, 9.17) is 13.7 Å². The number of esters is 1. The molecule has 0 saturated carbocycles. The van der Waals surface area contributed by atoms with Gasteiger partial charge in [-0.25, -0.2) is 4.39 Å². The molecule has 6 nitrogen and oxygen atoms in total. The summed E-state index contributed by atoms with van der Waals surface area (Å²) >= 11 is 1.54. The van der Waals surface area contributed by atoms with Crippen molar-refractivity contribution >= 4 is 27.8 Å². The van der Waals surface area contributed by atoms with Crippen LogP contribution in [0, 0.1) is 5.82 Å². The molecule has 0 aliphatic heterocycles. The van der Waals surface area contributed by atoms with Crippen LogP contribution < -0.4 is 8.92 Å². The van der Waals surface area contributed by atoms with Gasteiger partial charge in [0, 0.05) is 6.42 Å². The highest BCUT2D eigenvalue weighted by atomic mass is 32.2. The fourth-order valence-corrected chi connectivity index (χ4v) is 5.06. The molecule has 1 unspecified atom stereocenters. The first-order valence-electron chi connectivity index (χ1n) is 11.4. The molecular weight excluding hydrogens is 503 g/mol. The molecule has 192 valence electrons. The minimum Gasteiger partial charge on any atom is -0.493 e. The van der Waals surface area contributed by atoms with Crippen LogP contribution in [0.2, 0.25) is 0 Å². The third kappa shape index (κ3) is 9.54. The van der Waals surface area contributed by atoms with E-state index in [2.05, 4.69) is 0 Å². The Kier molecular flexibility index (Phi) is 10.2. The first kappa shape index (κ1) is 27.5. The van der Waals surface area contributed by atoms with Crippen LogP contribution in [0.1, 0.15) is 16.7 Å². The molecular formula is C27H29FO6S2. The Bertz CT molecular complexity index is 1210. The average molecular weight is 533 g/mol. The fraction of sp³-hybridized carbons (Fsp3) is 0.296. The number of hydrogen-bond donors (Lipinski definition) is 0. The van der Waals surface area contributed by atoms with Gasteiger partial charge in [-0.3, -0.25) is 4.79 Å². The number of ether oxygens (including phenoxy) is 2. The van der Waals surface area contributed by atoms with Crippen molar-refractivity contribution in [2.75, 3.05) is 25.7 Å². The Morgan fingerprint density at radius 1 is 0.861 bits per heavy atom. The van der Waals surface area contributed by atoms with Gasteiger partial charge in [0.25, 0.3) is 0 Å². The zero-order valence-corrected chi connectivity index (χ0v) is 21.8. The van der Waals surface area contributed by atoms with Gasteiger partial charge in [0.1, 0.15) is 22.6 Å². The summed E-state index contributed by atoms with van der Waals surface area (Å²) in [5.74, 6) is 1.06. The standard InChI is InChI=1S/C27H29FO6S2/c1-32-27(29)26(35-18-16-21-7-9-23(28)10-8-21)19-22-5-3-20(4-6-22)15-17-33-24-11-13-25(14-12-24)34-36(2,30)31/h3-14,26H,15-19H2,1-2H3. The molecule has 0 spiro atoms. The van der Waals surface area contributed by atoms with E-state index < -0.39 is 10.1 Å². The Balaban J connectivity index is 1.46. The number of carbonyl (C=O) groups excluding carboxylic acids is 1. The van der Waals surface area contributed by atoms with Gasteiger partial charge in [-0.05, 0) is 71.7 Å². The zero-order chi connectivity index (χ0) is 26.0. The molecule has 36 heavy (non-hydrogen) atoms. The van der Waals surface area contributed by atoms with Crippen LogP contribution in [0.15, 0.2) is 72.8 Å². The summed E-state index contributed by atoms with van der Waals surface area (Å²) in [6.07, 6.45) is 2.98. The molecule has 0 radical (unpaired) electrons. The summed E-state index contributed by atoms with van der Waals surface area (Å²) in [4.78, 5) is 12.3. The van der Waals surface area contributed by atoms with Crippen molar-refractivity contribution in [2.45, 2.75) is 24.5 Å². The van der Waals surface area contributed by atoms with Crippen molar-refractivity contribution in [1.82, 2.24) is 0 Å². The summed E-state index contributed by atoms with van der Waals surface area (Å²) in [7, 11) is -2.16. The molecule has 0 aliphatic rings. The second-order valence-electron chi connectivity index (χ2n) is 8.14. The predicted molar refractivity (Wildman–Crippen MR) is 140 cm³/mol. The highest BCUT2D eigenvalue weighted by molar-refractivity contribution is 8.00. The molecule has 0 aliphatic carbocycles. The summed E-state index contributed by atoms with van der Waals surface area (Å²) in [5, 5.41) is -0.320. The number of thioether (sulfide) groups is 1. The molecule has 0 N–H and O–H groups in total. The number of rotatable bonds is 13. The minimum absolute atomic E-state index is 0.235. The molecule has 3 aromatic rings. The van der Waals surface area contributed by atoms with Crippen molar-refractivity contribution < 1.29 is 31.3 Å². The van der Waals surface area contributed by atoms with E-state index in [0.29, 0.717) is 25.2 Å². The highest BCUT2D eigenvalue weighted by Crippen LogP contribution is 2.21. The molecule has 0 amide bonds. The lowest BCUT2D eigenvalue weighted by Gasteiger charge is -2.15. The lowest BCUT2D eigenvalue weighted by molar-refractivity contribution is -0.139. The van der Waals surface area contributed by atoms with E-state index in [1.807, 2.05) is 24.3 Å². The molecule has 0 bridgehead atoms. The van der Waals surface area contributed by atoms with Crippen molar-refractivity contribution in [2.24, 2.45) is 0 Å². The highest BCUT2D eigenvalue weighted by Gasteiger charge is 2.20. The maximum absolute atomic E-state index is 13.1. The quantitative estimate of drug-likeness (QED) is 0.230. The van der Waals surface area contributed by atoms with Gasteiger partial charge in [-0.2, -0.15) is 8.42 Å². The van der Waals surface area contributed by atoms with E-state index in [-0.39, 0.29) is 22.8 Å². The lowest BCUT2D eigenvalue weighted by Crippen LogP contribution is -2.22. The number of carbonyl (C=O) groups is 1. The monoisotopic (exact) mass is 532 g/mol. The third-order valence-electron chi connectivity index (χ3n) is 5.26. The third-order valence-corrected chi connectivity index (χ3v) is 6.96. The number of hydrogen-bond acceptors (Lipinski definition) is 7. The van der Waals surface area contributed by atoms with E-state index in [1.54, 1.807) is 36.4 Å². The maximum Gasteiger partial charge on any atom is 0.319 e. The van der Waals surface area contributed by atoms with E-state index in [9.17, 15) is 17.6 Å². The van der Waals surface area contributed by atoms with Gasteiger partial charge in [-0.15, -0.1) is 11.8 Å². The number of aryl methyl sites for hydroxylation is 1. The van der Waals surface area contributed by atoms with Crippen LogP contribution in [0.5, 0.6) is 11.5 Å². The van der Waals surface area contributed by atoms with Gasteiger partial charge >= 0.3 is 16.1 Å². The average Bonchev–Trinajstić information content (AvgIpc) is 2.85. The molecule has 3 aromatic carbocycles. The Morgan fingerprint density at radius 3 is 2.03 bits per heavy atom. The summed E-state index contributed by atoms with van der Waals surface area (Å²) in [6, 6.07) is 20.8. The number of methoxy groups -OCH3 is 1. The summed E-state index contributed by atoms with van der Waals surface area (Å²) < 4.78 is 50.9. The molecule has 0 aromatic heterocycles. The first-order valence-corrected chi connectivity index (χ1v) is 14.2. The van der Waals surface area contributed by atoms with Crippen LogP contribution in [-0.4, -0.2) is 45.4 Å². The lowest BCUT2D eigenvalue weighted by atomic mass is 10.1. The SMILES string of the molecule is COC(=O)C(Cc1ccc(CCOc2ccc(OS(C)(=O)=O)cc2)cc1)SCCc1ccc(F)cc1. The number of halogens is 1. The second-order valence-corrected chi connectivity index (χ2v) is 11.0. The normalized spacial score (nSPS) is 12.1. The van der Waals surface area contributed by atoms with Crippen molar-refractivity contribution in [3.8, 4) is 11.5 Å². The van der Waals surface area contributed by atoms with Gasteiger partial charge < -0.3 is 13.7 Å². The summed E-state index contributed by atoms with van der Waals surface area (Å²) in [6.45, 7) is 0.454. The van der Waals surface area contributed by atoms with Crippen molar-refractivity contribution in [3.05, 3.63) is 95.3 Å². The minimum atomic E-state index is -3.56. The van der Waals surface area contributed by atoms with Gasteiger partial charge in [0.15, 0.2) is 0 Å². The Labute approximate surface area is 215 Å². The van der Waals surface area contributed by atoms with Gasteiger partial charge in [-0.1, -0.05) is 36.4 Å². The van der Waals surface area contributed by atoms with Crippen LogP contribution in [-0.2, 0) is 38.9 Å². The first-order chi connectivity index (χ1) is 17.2. The molecule has 1 atom stereocenters. The van der Waals surface area contributed by atoms with Crippen LogP contribution in [0.4, 0.5) is 4.39 Å². The van der Waals surface area contributed by atoms with E-state index in [1.165, 1.54) is 31.0 Å². The zero-order valence-electron chi connectivity index (χ0n) is 20.2. The topological polar surface area (TPSA) is 78.9 Å².